The molecule has 0 saturated heterocycles. The number of rotatable bonds is 6. The molecule has 1 rings (SSSR count). The van der Waals surface area contributed by atoms with E-state index < -0.39 is 0 Å². The quantitative estimate of drug-likeness (QED) is 0.300. The molecular weight excluding hydrogens is 367 g/mol. The summed E-state index contributed by atoms with van der Waals surface area (Å²) in [5, 5.41) is 5.85. The molecule has 112 valence electrons. The van der Waals surface area contributed by atoms with Crippen LogP contribution in [0.25, 0.3) is 0 Å². The van der Waals surface area contributed by atoms with E-state index in [-0.39, 0.29) is 35.9 Å². The molecule has 0 aliphatic heterocycles. The van der Waals surface area contributed by atoms with Crippen molar-refractivity contribution in [3.05, 3.63) is 35.9 Å². The average molecular weight is 390 g/mol. The molecule has 0 aliphatic carbocycles. The maximum absolute atomic E-state index is 11.7. The Morgan fingerprint density at radius 3 is 2.55 bits per heavy atom. The summed E-state index contributed by atoms with van der Waals surface area (Å²) in [5.74, 6) is 0.391. The molecule has 0 atom stereocenters. The van der Waals surface area contributed by atoms with Gasteiger partial charge < -0.3 is 16.4 Å². The van der Waals surface area contributed by atoms with Gasteiger partial charge in [-0.25, -0.2) is 0 Å². The minimum atomic E-state index is -0.0575. The number of nitrogens with zero attached hydrogens (tertiary/aromatic N) is 1. The van der Waals surface area contributed by atoms with E-state index in [1.807, 2.05) is 32.0 Å². The van der Waals surface area contributed by atoms with E-state index in [1.165, 1.54) is 0 Å². The van der Waals surface area contributed by atoms with Gasteiger partial charge in [-0.15, -0.1) is 24.0 Å². The first-order valence-electron chi connectivity index (χ1n) is 6.49. The molecule has 0 spiro atoms. The van der Waals surface area contributed by atoms with E-state index in [2.05, 4.69) is 15.6 Å². The molecule has 0 radical (unpaired) electrons. The van der Waals surface area contributed by atoms with Crippen LogP contribution in [0.3, 0.4) is 0 Å². The van der Waals surface area contributed by atoms with Crippen molar-refractivity contribution in [2.24, 2.45) is 10.7 Å². The molecule has 0 aromatic heterocycles. The molecule has 0 bridgehead atoms. The van der Waals surface area contributed by atoms with Crippen LogP contribution >= 0.6 is 24.0 Å². The summed E-state index contributed by atoms with van der Waals surface area (Å²) in [7, 11) is 0. The van der Waals surface area contributed by atoms with Crippen LogP contribution in [0, 0.1) is 0 Å². The topological polar surface area (TPSA) is 79.5 Å². The number of carbonyl (C=O) groups is 1. The Hall–Kier alpha value is -1.31. The number of amides is 1. The second-order valence-electron chi connectivity index (χ2n) is 4.54. The Morgan fingerprint density at radius 1 is 1.30 bits per heavy atom. The monoisotopic (exact) mass is 390 g/mol. The summed E-state index contributed by atoms with van der Waals surface area (Å²) in [6.07, 6.45) is 0.763. The molecule has 0 aliphatic rings. The van der Waals surface area contributed by atoms with Crippen molar-refractivity contribution in [2.75, 3.05) is 13.1 Å². The van der Waals surface area contributed by atoms with Crippen LogP contribution in [0.5, 0.6) is 0 Å². The van der Waals surface area contributed by atoms with Crippen molar-refractivity contribution in [3.63, 3.8) is 0 Å². The van der Waals surface area contributed by atoms with E-state index in [4.69, 9.17) is 5.73 Å². The Morgan fingerprint density at radius 2 is 1.95 bits per heavy atom. The summed E-state index contributed by atoms with van der Waals surface area (Å²) >= 11 is 0. The van der Waals surface area contributed by atoms with Gasteiger partial charge in [0.2, 0.25) is 0 Å². The fourth-order valence-corrected chi connectivity index (χ4v) is 1.51. The lowest BCUT2D eigenvalue weighted by Crippen LogP contribution is -2.37. The van der Waals surface area contributed by atoms with Crippen LogP contribution in [0.2, 0.25) is 0 Å². The third-order valence-corrected chi connectivity index (χ3v) is 2.38. The molecule has 0 fully saturated rings. The molecule has 0 unspecified atom stereocenters. The maximum atomic E-state index is 11.7. The van der Waals surface area contributed by atoms with E-state index >= 15 is 0 Å². The second-order valence-corrected chi connectivity index (χ2v) is 4.54. The maximum Gasteiger partial charge on any atom is 0.251 e. The summed E-state index contributed by atoms with van der Waals surface area (Å²) in [4.78, 5) is 15.9. The normalized spacial score (nSPS) is 10.8. The van der Waals surface area contributed by atoms with Crippen molar-refractivity contribution in [3.8, 4) is 0 Å². The van der Waals surface area contributed by atoms with Crippen molar-refractivity contribution in [2.45, 2.75) is 26.3 Å². The van der Waals surface area contributed by atoms with Gasteiger partial charge in [0.25, 0.3) is 5.91 Å². The lowest BCUT2D eigenvalue weighted by Gasteiger charge is -2.08. The van der Waals surface area contributed by atoms with Gasteiger partial charge in [0.15, 0.2) is 5.96 Å². The van der Waals surface area contributed by atoms with Crippen LogP contribution in [-0.2, 0) is 0 Å². The number of benzene rings is 1. The van der Waals surface area contributed by atoms with Crippen LogP contribution in [-0.4, -0.2) is 31.0 Å². The molecule has 4 N–H and O–H groups in total. The first kappa shape index (κ1) is 18.7. The van der Waals surface area contributed by atoms with Crippen LogP contribution in [0.1, 0.15) is 30.6 Å². The predicted octanol–water partition coefficient (Wildman–Crippen LogP) is 1.74. The minimum Gasteiger partial charge on any atom is -0.370 e. The Balaban J connectivity index is 0.00000361. The molecule has 0 heterocycles. The van der Waals surface area contributed by atoms with E-state index in [1.54, 1.807) is 12.1 Å². The van der Waals surface area contributed by atoms with E-state index in [0.29, 0.717) is 24.6 Å². The van der Waals surface area contributed by atoms with Crippen molar-refractivity contribution >= 4 is 35.8 Å². The summed E-state index contributed by atoms with van der Waals surface area (Å²) < 4.78 is 0. The largest absolute Gasteiger partial charge is 0.370 e. The zero-order chi connectivity index (χ0) is 14.1. The number of halogens is 1. The fraction of sp³-hybridized carbons (Fsp3) is 0.429. The van der Waals surface area contributed by atoms with Crippen LogP contribution in [0.4, 0.5) is 0 Å². The first-order chi connectivity index (χ1) is 9.09. The molecule has 1 aromatic carbocycles. The number of aliphatic imine (C=N–C) groups is 1. The number of carbonyl (C=O) groups excluding carboxylic acids is 1. The highest BCUT2D eigenvalue weighted by molar-refractivity contribution is 14.0. The second kappa shape index (κ2) is 10.5. The highest BCUT2D eigenvalue weighted by Crippen LogP contribution is 1.97. The van der Waals surface area contributed by atoms with Crippen LogP contribution < -0.4 is 16.4 Å². The van der Waals surface area contributed by atoms with Crippen molar-refractivity contribution < 1.29 is 4.79 Å². The third-order valence-electron chi connectivity index (χ3n) is 2.38. The van der Waals surface area contributed by atoms with Gasteiger partial charge in [0.05, 0.1) is 0 Å². The molecule has 0 saturated carbocycles. The molecule has 20 heavy (non-hydrogen) atoms. The van der Waals surface area contributed by atoms with Gasteiger partial charge in [0.1, 0.15) is 0 Å². The summed E-state index contributed by atoms with van der Waals surface area (Å²) in [5.41, 5.74) is 6.33. The van der Waals surface area contributed by atoms with E-state index in [0.717, 1.165) is 6.42 Å². The van der Waals surface area contributed by atoms with Gasteiger partial charge in [0, 0.05) is 24.7 Å². The summed E-state index contributed by atoms with van der Waals surface area (Å²) in [6, 6.07) is 9.43. The predicted molar refractivity (Wildman–Crippen MR) is 93.6 cm³/mol. The Labute approximate surface area is 137 Å². The zero-order valence-corrected chi connectivity index (χ0v) is 14.3. The van der Waals surface area contributed by atoms with Gasteiger partial charge in [-0.05, 0) is 32.4 Å². The first-order valence-corrected chi connectivity index (χ1v) is 6.49. The Kier molecular flexibility index (Phi) is 9.79. The lowest BCUT2D eigenvalue weighted by atomic mass is 10.2. The molecule has 5 nitrogen and oxygen atoms in total. The van der Waals surface area contributed by atoms with Gasteiger partial charge in [-0.2, -0.15) is 0 Å². The Bertz CT molecular complexity index is 420. The van der Waals surface area contributed by atoms with Gasteiger partial charge in [-0.1, -0.05) is 18.2 Å². The van der Waals surface area contributed by atoms with Crippen LogP contribution in [0.15, 0.2) is 35.3 Å². The fourth-order valence-electron chi connectivity index (χ4n) is 1.51. The number of hydrogen-bond acceptors (Lipinski definition) is 2. The number of nitrogens with two attached hydrogens (primary N) is 1. The van der Waals surface area contributed by atoms with Crippen molar-refractivity contribution in [1.82, 2.24) is 10.6 Å². The van der Waals surface area contributed by atoms with Gasteiger partial charge in [-0.3, -0.25) is 9.79 Å². The highest BCUT2D eigenvalue weighted by atomic mass is 127. The van der Waals surface area contributed by atoms with E-state index in [9.17, 15) is 4.79 Å². The number of guanidine groups is 1. The number of hydrogen-bond donors (Lipinski definition) is 3. The van der Waals surface area contributed by atoms with Crippen molar-refractivity contribution in [1.29, 1.82) is 0 Å². The SMILES string of the molecule is CC(C)NC(N)=NCCCNC(=O)c1ccccc1.I. The lowest BCUT2D eigenvalue weighted by molar-refractivity contribution is 0.0953. The standard InChI is InChI=1S/C14H22N4O.HI/c1-11(2)18-14(15)17-10-6-9-16-13(19)12-7-4-3-5-8-12;/h3-5,7-8,11H,6,9-10H2,1-2H3,(H,16,19)(H3,15,17,18);1H. The minimum absolute atomic E-state index is 0. The summed E-state index contributed by atoms with van der Waals surface area (Å²) in [6.45, 7) is 5.19. The molecular formula is C14H23IN4O. The zero-order valence-electron chi connectivity index (χ0n) is 11.9. The highest BCUT2D eigenvalue weighted by Gasteiger charge is 2.02. The smallest absolute Gasteiger partial charge is 0.251 e. The number of nitrogens with one attached hydrogen (secondary N) is 2. The molecule has 1 aromatic rings. The van der Waals surface area contributed by atoms with Gasteiger partial charge >= 0.3 is 0 Å². The third kappa shape index (κ3) is 7.98. The molecule has 6 heteroatoms. The molecule has 1 amide bonds. The average Bonchev–Trinajstić information content (AvgIpc) is 2.38.